The van der Waals surface area contributed by atoms with E-state index in [0.717, 1.165) is 18.1 Å². The van der Waals surface area contributed by atoms with E-state index in [2.05, 4.69) is 13.8 Å². The summed E-state index contributed by atoms with van der Waals surface area (Å²) < 4.78 is 5.64. The second-order valence-electron chi connectivity index (χ2n) is 7.98. The maximum Gasteiger partial charge on any atom is 0.159 e. The summed E-state index contributed by atoms with van der Waals surface area (Å²) in [6.45, 7) is 5.35. The van der Waals surface area contributed by atoms with Crippen LogP contribution in [-0.4, -0.2) is 11.7 Å². The lowest BCUT2D eigenvalue weighted by molar-refractivity contribution is 0.291. The first-order valence-corrected chi connectivity index (χ1v) is 12.4. The average Bonchev–Trinajstić information content (AvgIpc) is 2.64. The maximum absolute atomic E-state index is 5.64. The first-order chi connectivity index (χ1) is 12.8. The number of ether oxygens (including phenoxy) is 1. The second kappa shape index (κ2) is 22.9. The van der Waals surface area contributed by atoms with Crippen LogP contribution in [0.3, 0.4) is 0 Å². The first kappa shape index (κ1) is 25.9. The van der Waals surface area contributed by atoms with E-state index in [1.807, 2.05) is 0 Å². The Balaban J connectivity index is 3.06. The Morgan fingerprint density at radius 1 is 0.500 bits per heavy atom. The van der Waals surface area contributed by atoms with Gasteiger partial charge in [-0.3, -0.25) is 0 Å². The fraction of sp³-hybridized carbons (Fsp3) is 0.958. The van der Waals surface area contributed by atoms with Gasteiger partial charge in [0.15, 0.2) is 5.05 Å². The van der Waals surface area contributed by atoms with Crippen molar-refractivity contribution in [3.63, 3.8) is 0 Å². The van der Waals surface area contributed by atoms with Crippen molar-refractivity contribution < 1.29 is 4.74 Å². The van der Waals surface area contributed by atoms with Gasteiger partial charge in [-0.25, -0.2) is 0 Å². The highest BCUT2D eigenvalue weighted by atomic mass is 32.1. The van der Waals surface area contributed by atoms with Gasteiger partial charge in [-0.15, -0.1) is 0 Å². The van der Waals surface area contributed by atoms with Crippen LogP contribution in [0.1, 0.15) is 142 Å². The molecule has 0 aliphatic heterocycles. The zero-order chi connectivity index (χ0) is 19.1. The molecule has 2 heteroatoms. The molecule has 0 saturated heterocycles. The van der Waals surface area contributed by atoms with Gasteiger partial charge in [0, 0.05) is 6.42 Å². The minimum absolute atomic E-state index is 0.833. The van der Waals surface area contributed by atoms with Crippen LogP contribution < -0.4 is 0 Å². The molecule has 0 rings (SSSR count). The van der Waals surface area contributed by atoms with E-state index in [0.29, 0.717) is 0 Å². The molecule has 0 bridgehead atoms. The third kappa shape index (κ3) is 21.9. The lowest BCUT2D eigenvalue weighted by Crippen LogP contribution is -2.03. The van der Waals surface area contributed by atoms with E-state index in [-0.39, 0.29) is 0 Å². The first-order valence-electron chi connectivity index (χ1n) is 12.0. The number of rotatable bonds is 21. The molecular weight excluding hydrogens is 336 g/mol. The molecule has 1 nitrogen and oxygen atoms in total. The van der Waals surface area contributed by atoms with E-state index in [1.54, 1.807) is 0 Å². The van der Waals surface area contributed by atoms with Gasteiger partial charge in [0.05, 0.1) is 6.61 Å². The second-order valence-corrected chi connectivity index (χ2v) is 8.44. The number of hydrogen-bond donors (Lipinski definition) is 0. The summed E-state index contributed by atoms with van der Waals surface area (Å²) in [5.74, 6) is 0. The van der Waals surface area contributed by atoms with E-state index in [9.17, 15) is 0 Å². The Morgan fingerprint density at radius 3 is 1.27 bits per heavy atom. The number of thiocarbonyl (C=S) groups is 1. The Labute approximate surface area is 171 Å². The zero-order valence-electron chi connectivity index (χ0n) is 18.2. The van der Waals surface area contributed by atoms with Crippen molar-refractivity contribution in [1.29, 1.82) is 0 Å². The van der Waals surface area contributed by atoms with Crippen molar-refractivity contribution in [2.24, 2.45) is 0 Å². The largest absolute Gasteiger partial charge is 0.487 e. The Bertz CT molecular complexity index is 277. The van der Waals surface area contributed by atoms with Crippen molar-refractivity contribution in [2.75, 3.05) is 6.61 Å². The monoisotopic (exact) mass is 384 g/mol. The van der Waals surface area contributed by atoms with E-state index in [1.165, 1.54) is 122 Å². The lowest BCUT2D eigenvalue weighted by Gasteiger charge is -2.07. The molecule has 0 aliphatic rings. The normalized spacial score (nSPS) is 11.0. The van der Waals surface area contributed by atoms with Gasteiger partial charge in [0.2, 0.25) is 0 Å². The molecule has 0 heterocycles. The van der Waals surface area contributed by atoms with Gasteiger partial charge in [-0.1, -0.05) is 123 Å². The molecule has 0 aromatic rings. The fourth-order valence-electron chi connectivity index (χ4n) is 3.43. The van der Waals surface area contributed by atoms with Crippen LogP contribution in [0.25, 0.3) is 0 Å². The minimum Gasteiger partial charge on any atom is -0.487 e. The van der Waals surface area contributed by atoms with Gasteiger partial charge in [0.25, 0.3) is 0 Å². The molecule has 0 aliphatic carbocycles. The van der Waals surface area contributed by atoms with Crippen LogP contribution in [0, 0.1) is 0 Å². The van der Waals surface area contributed by atoms with Crippen molar-refractivity contribution >= 4 is 17.3 Å². The molecule has 0 N–H and O–H groups in total. The van der Waals surface area contributed by atoms with E-state index < -0.39 is 0 Å². The highest BCUT2D eigenvalue weighted by Crippen LogP contribution is 2.13. The maximum atomic E-state index is 5.64. The molecule has 0 unspecified atom stereocenters. The van der Waals surface area contributed by atoms with E-state index >= 15 is 0 Å². The van der Waals surface area contributed by atoms with Crippen LogP contribution in [0.15, 0.2) is 0 Å². The molecule has 0 fully saturated rings. The summed E-state index contributed by atoms with van der Waals surface area (Å²) in [5, 5.41) is 0.833. The Kier molecular flexibility index (Phi) is 22.8. The molecule has 26 heavy (non-hydrogen) atoms. The summed E-state index contributed by atoms with van der Waals surface area (Å²) >= 11 is 5.26. The highest BCUT2D eigenvalue weighted by Gasteiger charge is 1.98. The molecular formula is C24H48OS. The molecule has 156 valence electrons. The average molecular weight is 385 g/mol. The Hall–Kier alpha value is -0.110. The van der Waals surface area contributed by atoms with Crippen molar-refractivity contribution in [3.8, 4) is 0 Å². The van der Waals surface area contributed by atoms with Gasteiger partial charge in [0.1, 0.15) is 0 Å². The van der Waals surface area contributed by atoms with Gasteiger partial charge in [-0.2, -0.15) is 0 Å². The minimum atomic E-state index is 0.833. The predicted octanol–water partition coefficient (Wildman–Crippen LogP) is 9.17. The van der Waals surface area contributed by atoms with Crippen LogP contribution >= 0.6 is 12.2 Å². The predicted molar refractivity (Wildman–Crippen MR) is 122 cm³/mol. The van der Waals surface area contributed by atoms with Gasteiger partial charge < -0.3 is 4.74 Å². The topological polar surface area (TPSA) is 9.23 Å². The molecule has 0 radical (unpaired) electrons. The summed E-state index contributed by atoms with van der Waals surface area (Å²) in [5.41, 5.74) is 0. The quantitative estimate of drug-likeness (QED) is 0.144. The van der Waals surface area contributed by atoms with Crippen LogP contribution in [0.4, 0.5) is 0 Å². The van der Waals surface area contributed by atoms with Gasteiger partial charge >= 0.3 is 0 Å². The van der Waals surface area contributed by atoms with Crippen LogP contribution in [0.5, 0.6) is 0 Å². The SMILES string of the molecule is CCCCCCCCCCCCCCCCCCOC(=S)CCCCC. The van der Waals surface area contributed by atoms with Crippen LogP contribution in [0.2, 0.25) is 0 Å². The summed E-state index contributed by atoms with van der Waals surface area (Å²) in [6, 6.07) is 0. The number of hydrogen-bond acceptors (Lipinski definition) is 2. The zero-order valence-corrected chi connectivity index (χ0v) is 19.0. The molecule has 0 aromatic heterocycles. The van der Waals surface area contributed by atoms with Crippen molar-refractivity contribution in [3.05, 3.63) is 0 Å². The number of unbranched alkanes of at least 4 members (excludes halogenated alkanes) is 17. The fourth-order valence-corrected chi connectivity index (χ4v) is 3.66. The van der Waals surface area contributed by atoms with Crippen molar-refractivity contribution in [1.82, 2.24) is 0 Å². The standard InChI is InChI=1S/C24H48OS/c1-3-5-7-8-9-10-11-12-13-14-15-16-17-18-19-21-23-25-24(26)22-20-6-4-2/h3-23H2,1-2H3. The third-order valence-electron chi connectivity index (χ3n) is 5.25. The van der Waals surface area contributed by atoms with Crippen molar-refractivity contribution in [2.45, 2.75) is 142 Å². The van der Waals surface area contributed by atoms with Crippen LogP contribution in [-0.2, 0) is 4.74 Å². The Morgan fingerprint density at radius 2 is 0.846 bits per heavy atom. The lowest BCUT2D eigenvalue weighted by atomic mass is 10.0. The van der Waals surface area contributed by atoms with Gasteiger partial charge in [-0.05, 0) is 25.1 Å². The molecule has 0 saturated carbocycles. The molecule has 0 atom stereocenters. The smallest absolute Gasteiger partial charge is 0.159 e. The molecule has 0 amide bonds. The van der Waals surface area contributed by atoms with E-state index in [4.69, 9.17) is 17.0 Å². The third-order valence-corrected chi connectivity index (χ3v) is 5.57. The summed E-state index contributed by atoms with van der Waals surface area (Å²) in [6.07, 6.45) is 27.3. The highest BCUT2D eigenvalue weighted by molar-refractivity contribution is 7.80. The molecule has 0 spiro atoms. The summed E-state index contributed by atoms with van der Waals surface area (Å²) in [7, 11) is 0. The molecule has 0 aromatic carbocycles. The summed E-state index contributed by atoms with van der Waals surface area (Å²) in [4.78, 5) is 0.